The molecule has 7 atom stereocenters. The van der Waals surface area contributed by atoms with Gasteiger partial charge in [0.1, 0.15) is 72.0 Å². The number of hydrogen-bond donors (Lipinski definition) is 5. The van der Waals surface area contributed by atoms with Gasteiger partial charge in [0.15, 0.2) is 17.5 Å². The number of fused-ring (bicyclic) bond motifs is 2. The molecule has 0 aliphatic carbocycles. The molecule has 3 unspecified atom stereocenters. The molecule has 0 radical (unpaired) electrons. The number of carbonyl (C=O) groups excluding carboxylic acids is 5. The lowest BCUT2D eigenvalue weighted by Crippen LogP contribution is -2.36. The summed E-state index contributed by atoms with van der Waals surface area (Å²) in [7, 11) is 0. The van der Waals surface area contributed by atoms with Crippen molar-refractivity contribution in [1.29, 1.82) is 0 Å². The summed E-state index contributed by atoms with van der Waals surface area (Å²) in [5.74, 6) is -2.23. The molecular weight excluding hydrogens is 1050 g/mol. The van der Waals surface area contributed by atoms with Crippen LogP contribution in [0.15, 0.2) is 54.9 Å². The third-order valence-corrected chi connectivity index (χ3v) is 15.7. The second-order valence-electron chi connectivity index (χ2n) is 17.4. The second-order valence-corrected chi connectivity index (χ2v) is 22.2. The van der Waals surface area contributed by atoms with Crippen LogP contribution in [0.2, 0.25) is 10.0 Å². The Kier molecular flexibility index (Phi) is 17.8. The Hall–Kier alpha value is -5.89. The Balaban J connectivity index is 1.01. The van der Waals surface area contributed by atoms with E-state index in [9.17, 15) is 33.6 Å². The summed E-state index contributed by atoms with van der Waals surface area (Å²) in [6.07, 6.45) is -4.95. The number of carbonyl (C=O) groups is 5. The zero-order valence-corrected chi connectivity index (χ0v) is 43.6. The standard InChI is InChI=1S/C46H53Cl2N10O14PS/c1-5-36(61)66-23-74-73(65,72-31-17-35(68-32(31)18-59)58-22-52-39-42(58)54-46(55-43(63)24(2)3)56-45(39)71-29-15-27(47)12-13-28(29)48)67-19-33-30(70-37(62)14-11-25(4)60)16-34(69-33)57-21-51-38-40(49-20-50-41(38)57)53-44(64)26-9-7-6-8-10-26/h6-10,12-13,15,20,24,30-35,51-52,59H,5,11,14,16-19,21-23H2,1-4H3,(H,49,50,53,64)(H,54,55,56,63)/t30-,31-,32?,33?,34-,35-,73?/m1/s1. The third-order valence-electron chi connectivity index (χ3n) is 11.8. The number of aliphatic hydroxyl groups is 1. The van der Waals surface area contributed by atoms with Crippen molar-refractivity contribution in [3.8, 4) is 11.6 Å². The van der Waals surface area contributed by atoms with Crippen molar-refractivity contribution in [1.82, 2.24) is 19.9 Å². The maximum atomic E-state index is 15.0. The van der Waals surface area contributed by atoms with Gasteiger partial charge in [-0.15, -0.1) is 0 Å². The molecule has 6 heterocycles. The van der Waals surface area contributed by atoms with E-state index in [0.717, 1.165) is 0 Å². The van der Waals surface area contributed by atoms with Gasteiger partial charge in [-0.3, -0.25) is 33.5 Å². The summed E-state index contributed by atoms with van der Waals surface area (Å²) >= 11 is 13.3. The summed E-state index contributed by atoms with van der Waals surface area (Å²) in [4.78, 5) is 84.3. The number of Topliss-reactive ketones (excluding diaryl/α,β-unsaturated/α-hetero) is 1. The molecule has 2 aromatic carbocycles. The first-order valence-corrected chi connectivity index (χ1v) is 27.3. The number of nitrogens with zero attached hydrogens (tertiary/aromatic N) is 6. The number of ether oxygens (including phenoxy) is 5. The first-order valence-electron chi connectivity index (χ1n) is 23.4. The van der Waals surface area contributed by atoms with Gasteiger partial charge in [-0.2, -0.15) is 9.97 Å². The molecule has 4 aliphatic heterocycles. The van der Waals surface area contributed by atoms with E-state index >= 15 is 0 Å². The molecule has 0 spiro atoms. The zero-order chi connectivity index (χ0) is 52.7. The predicted molar refractivity (Wildman–Crippen MR) is 271 cm³/mol. The lowest BCUT2D eigenvalue weighted by Gasteiger charge is -2.26. The van der Waals surface area contributed by atoms with E-state index in [-0.39, 0.29) is 91.4 Å². The highest BCUT2D eigenvalue weighted by Crippen LogP contribution is 2.63. The molecule has 4 aromatic rings. The van der Waals surface area contributed by atoms with Crippen LogP contribution < -0.4 is 35.8 Å². The number of anilines is 6. The molecular formula is C46H53Cl2N10O14PS. The second kappa shape index (κ2) is 24.2. The highest BCUT2D eigenvalue weighted by molar-refractivity contribution is 8.55. The number of rotatable bonds is 22. The number of aromatic nitrogens is 4. The smallest absolute Gasteiger partial charge is 0.392 e. The number of benzene rings is 2. The summed E-state index contributed by atoms with van der Waals surface area (Å²) in [5, 5.41) is 23.1. The fourth-order valence-corrected chi connectivity index (χ4v) is 11.1. The van der Waals surface area contributed by atoms with Gasteiger partial charge in [-0.25, -0.2) is 14.5 Å². The first kappa shape index (κ1) is 54.4. The van der Waals surface area contributed by atoms with E-state index in [0.29, 0.717) is 39.2 Å². The molecule has 2 saturated heterocycles. The molecule has 2 aromatic heterocycles. The number of amides is 2. The molecule has 0 saturated carbocycles. The van der Waals surface area contributed by atoms with Crippen molar-refractivity contribution >= 4 is 106 Å². The Morgan fingerprint density at radius 2 is 1.62 bits per heavy atom. The van der Waals surface area contributed by atoms with Crippen molar-refractivity contribution in [3.63, 3.8) is 0 Å². The van der Waals surface area contributed by atoms with Gasteiger partial charge in [-0.05, 0) is 31.2 Å². The average molecular weight is 1100 g/mol. The highest BCUT2D eigenvalue weighted by Gasteiger charge is 2.48. The summed E-state index contributed by atoms with van der Waals surface area (Å²) in [6, 6.07) is 13.2. The Morgan fingerprint density at radius 3 is 2.34 bits per heavy atom. The summed E-state index contributed by atoms with van der Waals surface area (Å²) < 4.78 is 57.5. The van der Waals surface area contributed by atoms with Crippen LogP contribution in [0.25, 0.3) is 0 Å². The monoisotopic (exact) mass is 1100 g/mol. The van der Waals surface area contributed by atoms with Crippen molar-refractivity contribution in [2.24, 2.45) is 5.92 Å². The molecule has 5 N–H and O–H groups in total. The van der Waals surface area contributed by atoms with E-state index in [4.69, 9.17) is 55.9 Å². The van der Waals surface area contributed by atoms with Crippen LogP contribution in [0, 0.1) is 5.92 Å². The normalized spacial score (nSPS) is 21.5. The number of halogens is 2. The van der Waals surface area contributed by atoms with Gasteiger partial charge in [0, 0.05) is 59.6 Å². The largest absolute Gasteiger partial charge is 0.459 e. The lowest BCUT2D eigenvalue weighted by molar-refractivity contribution is -0.153. The maximum Gasteiger partial charge on any atom is 0.392 e. The Labute approximate surface area is 438 Å². The van der Waals surface area contributed by atoms with E-state index in [1.165, 1.54) is 19.3 Å². The molecule has 74 heavy (non-hydrogen) atoms. The number of hydrogen-bond acceptors (Lipinski definition) is 23. The maximum absolute atomic E-state index is 15.0. The third kappa shape index (κ3) is 13.1. The molecule has 2 fully saturated rings. The number of nitrogens with one attached hydrogen (secondary N) is 4. The van der Waals surface area contributed by atoms with Gasteiger partial charge in [-0.1, -0.05) is 62.2 Å². The molecule has 396 valence electrons. The van der Waals surface area contributed by atoms with Crippen molar-refractivity contribution in [2.75, 3.05) is 63.6 Å². The van der Waals surface area contributed by atoms with Crippen LogP contribution in [-0.2, 0) is 51.7 Å². The minimum absolute atomic E-state index is 0.00378. The lowest BCUT2D eigenvalue weighted by atomic mass is 10.1. The molecule has 2 amide bonds. The minimum Gasteiger partial charge on any atom is -0.459 e. The van der Waals surface area contributed by atoms with Crippen LogP contribution in [0.5, 0.6) is 11.6 Å². The molecule has 28 heteroatoms. The van der Waals surface area contributed by atoms with Gasteiger partial charge in [0.25, 0.3) is 5.91 Å². The van der Waals surface area contributed by atoms with Gasteiger partial charge < -0.3 is 59.3 Å². The van der Waals surface area contributed by atoms with Crippen molar-refractivity contribution in [2.45, 2.75) is 96.7 Å². The van der Waals surface area contributed by atoms with Crippen LogP contribution in [0.1, 0.15) is 70.2 Å². The molecule has 24 nitrogen and oxygen atoms in total. The Morgan fingerprint density at radius 1 is 0.905 bits per heavy atom. The summed E-state index contributed by atoms with van der Waals surface area (Å²) in [5.41, 5.74) is 1.13. The van der Waals surface area contributed by atoms with Gasteiger partial charge >= 0.3 is 18.7 Å². The van der Waals surface area contributed by atoms with E-state index in [1.54, 1.807) is 73.0 Å². The predicted octanol–water partition coefficient (Wildman–Crippen LogP) is 6.95. The highest BCUT2D eigenvalue weighted by atomic mass is 35.5. The number of aliphatic hydroxyl groups excluding tert-OH is 1. The molecule has 8 rings (SSSR count). The van der Waals surface area contributed by atoms with E-state index in [1.807, 2.05) is 0 Å². The quantitative estimate of drug-likeness (QED) is 0.0302. The van der Waals surface area contributed by atoms with E-state index < -0.39 is 86.6 Å². The summed E-state index contributed by atoms with van der Waals surface area (Å²) in [6.45, 7) is 1.03. The molecule has 4 aliphatic rings. The van der Waals surface area contributed by atoms with E-state index in [2.05, 4.69) is 41.2 Å². The number of ketones is 1. The van der Waals surface area contributed by atoms with Crippen molar-refractivity contribution in [3.05, 3.63) is 70.5 Å². The number of esters is 2. The van der Waals surface area contributed by atoms with Crippen LogP contribution in [-0.4, -0.2) is 124 Å². The Bertz CT molecular complexity index is 2790. The van der Waals surface area contributed by atoms with Gasteiger partial charge in [0.2, 0.25) is 17.7 Å². The topological polar surface area (TPSA) is 293 Å². The van der Waals surface area contributed by atoms with Crippen LogP contribution in [0.4, 0.5) is 34.8 Å². The zero-order valence-electron chi connectivity index (χ0n) is 40.4. The average Bonchev–Trinajstić information content (AvgIpc) is 4.19. The van der Waals surface area contributed by atoms with Crippen molar-refractivity contribution < 1.29 is 66.4 Å². The first-order chi connectivity index (χ1) is 35.5. The van der Waals surface area contributed by atoms with Crippen LogP contribution in [0.3, 0.4) is 0 Å². The fourth-order valence-electron chi connectivity index (χ4n) is 7.94. The van der Waals surface area contributed by atoms with Gasteiger partial charge in [0.05, 0.1) is 38.0 Å². The minimum atomic E-state index is -4.44. The fraction of sp³-hybridized carbons (Fsp3) is 0.457. The SMILES string of the molecule is CCC(=O)OCSP(=O)(OCC1O[C@@H](N2CNc3c(NC(=O)c4ccccc4)ncnc32)C[C@H]1OC(=O)CCC(C)=O)O[C@@H]1C[C@H](N2CNc3c(Oc4cc(Cl)ccc4Cl)nc(NC(=O)C(C)C)nc32)OC1CO. The van der Waals surface area contributed by atoms with Crippen LogP contribution >= 0.6 is 41.4 Å². The molecule has 0 bridgehead atoms.